The Morgan fingerprint density at radius 2 is 2.09 bits per heavy atom. The summed E-state index contributed by atoms with van der Waals surface area (Å²) >= 11 is 1.69. The van der Waals surface area contributed by atoms with Gasteiger partial charge < -0.3 is 14.9 Å². The first-order valence-corrected chi connectivity index (χ1v) is 12.6. The van der Waals surface area contributed by atoms with Crippen molar-refractivity contribution in [3.8, 4) is 0 Å². The zero-order valence-electron chi connectivity index (χ0n) is 19.4. The number of pyridine rings is 2. The number of amides is 1. The summed E-state index contributed by atoms with van der Waals surface area (Å²) in [6.07, 6.45) is 8.90. The van der Waals surface area contributed by atoms with E-state index in [4.69, 9.17) is 0 Å². The predicted octanol–water partition coefficient (Wildman–Crippen LogP) is 4.05. The number of aryl methyl sites for hydroxylation is 1. The van der Waals surface area contributed by atoms with E-state index in [2.05, 4.69) is 25.9 Å². The molecule has 4 heterocycles. The van der Waals surface area contributed by atoms with E-state index in [1.165, 1.54) is 4.70 Å². The molecule has 0 radical (unpaired) electrons. The molecule has 1 aliphatic heterocycles. The maximum atomic E-state index is 12.8. The van der Waals surface area contributed by atoms with Gasteiger partial charge in [-0.15, -0.1) is 11.3 Å². The van der Waals surface area contributed by atoms with E-state index in [-0.39, 0.29) is 5.91 Å². The van der Waals surface area contributed by atoms with E-state index in [1.807, 2.05) is 36.5 Å². The molecule has 1 aliphatic rings. The summed E-state index contributed by atoms with van der Waals surface area (Å²) in [7, 11) is 1.79. The summed E-state index contributed by atoms with van der Waals surface area (Å²) in [4.78, 5) is 30.0. The number of anilines is 1. The molecule has 0 unspecified atom stereocenters. The van der Waals surface area contributed by atoms with Gasteiger partial charge in [-0.3, -0.25) is 14.8 Å². The standard InChI is InChI=1S/C26H29N5O2S/c1-30(25(32)9-4-8-24-29-21-6-2-3-7-23(21)34-24)17-26(33)12-5-15-31(18-26)22-11-14-28-20-10-13-27-16-19(20)22/h2-3,6-7,10-11,13-14,16,33H,4-5,8-9,12,15,17-18H2,1H3/t26-/m1/s1. The summed E-state index contributed by atoms with van der Waals surface area (Å²) in [5.41, 5.74) is 1.99. The molecule has 0 aliphatic carbocycles. The zero-order chi connectivity index (χ0) is 23.5. The van der Waals surface area contributed by atoms with Crippen molar-refractivity contribution in [2.24, 2.45) is 0 Å². The first kappa shape index (κ1) is 22.7. The predicted molar refractivity (Wildman–Crippen MR) is 136 cm³/mol. The van der Waals surface area contributed by atoms with Crippen LogP contribution >= 0.6 is 11.3 Å². The van der Waals surface area contributed by atoms with Crippen LogP contribution in [0, 0.1) is 0 Å². The Kier molecular flexibility index (Phi) is 6.43. The molecule has 1 saturated heterocycles. The third-order valence-electron chi connectivity index (χ3n) is 6.49. The second-order valence-electron chi connectivity index (χ2n) is 9.15. The molecule has 0 saturated carbocycles. The number of para-hydroxylation sites is 1. The minimum absolute atomic E-state index is 0.0604. The Morgan fingerprint density at radius 1 is 1.21 bits per heavy atom. The number of likely N-dealkylation sites (N-methyl/N-ethyl adjacent to an activating group) is 1. The highest BCUT2D eigenvalue weighted by Crippen LogP contribution is 2.31. The number of fused-ring (bicyclic) bond motifs is 2. The SMILES string of the molecule is CN(C[C@]1(O)CCCN(c2ccnc3ccncc23)C1)C(=O)CCCc1nc2ccccc2s1. The average molecular weight is 476 g/mol. The highest BCUT2D eigenvalue weighted by atomic mass is 32.1. The Bertz CT molecular complexity index is 1270. The van der Waals surface area contributed by atoms with E-state index >= 15 is 0 Å². The summed E-state index contributed by atoms with van der Waals surface area (Å²) in [5, 5.41) is 13.5. The number of rotatable bonds is 7. The largest absolute Gasteiger partial charge is 0.386 e. The van der Waals surface area contributed by atoms with Crippen LogP contribution in [0.1, 0.15) is 30.7 Å². The lowest BCUT2D eigenvalue weighted by Gasteiger charge is -2.42. The van der Waals surface area contributed by atoms with Crippen molar-refractivity contribution in [2.45, 2.75) is 37.7 Å². The summed E-state index contributed by atoms with van der Waals surface area (Å²) in [5.74, 6) is 0.0604. The minimum atomic E-state index is -0.951. The minimum Gasteiger partial charge on any atom is -0.386 e. The molecule has 0 bridgehead atoms. The maximum Gasteiger partial charge on any atom is 0.222 e. The first-order valence-electron chi connectivity index (χ1n) is 11.8. The fourth-order valence-electron chi connectivity index (χ4n) is 4.84. The van der Waals surface area contributed by atoms with Crippen molar-refractivity contribution in [2.75, 3.05) is 31.6 Å². The number of nitrogens with zero attached hydrogens (tertiary/aromatic N) is 5. The molecule has 1 N–H and O–H groups in total. The Morgan fingerprint density at radius 3 is 2.97 bits per heavy atom. The summed E-state index contributed by atoms with van der Waals surface area (Å²) in [6, 6.07) is 12.0. The highest BCUT2D eigenvalue weighted by Gasteiger charge is 2.36. The molecular weight excluding hydrogens is 446 g/mol. The number of hydrogen-bond acceptors (Lipinski definition) is 7. The lowest BCUT2D eigenvalue weighted by atomic mass is 9.91. The molecule has 0 spiro atoms. The molecule has 8 heteroatoms. The molecule has 7 nitrogen and oxygen atoms in total. The topological polar surface area (TPSA) is 82.5 Å². The van der Waals surface area contributed by atoms with Crippen LogP contribution in [-0.2, 0) is 11.2 Å². The second kappa shape index (κ2) is 9.64. The van der Waals surface area contributed by atoms with Crippen LogP contribution < -0.4 is 4.90 Å². The van der Waals surface area contributed by atoms with Crippen LogP contribution in [0.5, 0.6) is 0 Å². The number of thiazole rings is 1. The van der Waals surface area contributed by atoms with Gasteiger partial charge in [-0.25, -0.2) is 4.98 Å². The monoisotopic (exact) mass is 475 g/mol. The number of hydrogen-bond donors (Lipinski definition) is 1. The third-order valence-corrected chi connectivity index (χ3v) is 7.59. The van der Waals surface area contributed by atoms with Crippen molar-refractivity contribution in [1.29, 1.82) is 0 Å². The Labute approximate surface area is 203 Å². The molecular formula is C26H29N5O2S. The quantitative estimate of drug-likeness (QED) is 0.434. The molecule has 1 amide bonds. The number of carbonyl (C=O) groups excluding carboxylic acids is 1. The summed E-state index contributed by atoms with van der Waals surface area (Å²) < 4.78 is 1.18. The number of aromatic nitrogens is 3. The van der Waals surface area contributed by atoms with E-state index in [1.54, 1.807) is 35.7 Å². The van der Waals surface area contributed by atoms with Crippen molar-refractivity contribution >= 4 is 44.1 Å². The van der Waals surface area contributed by atoms with E-state index in [0.29, 0.717) is 25.9 Å². The lowest BCUT2D eigenvalue weighted by molar-refractivity contribution is -0.133. The number of carbonyl (C=O) groups is 1. The number of piperidine rings is 1. The van der Waals surface area contributed by atoms with Crippen LogP contribution in [0.25, 0.3) is 21.1 Å². The zero-order valence-corrected chi connectivity index (χ0v) is 20.2. The fourth-order valence-corrected chi connectivity index (χ4v) is 5.85. The fraction of sp³-hybridized carbons (Fsp3) is 0.385. The smallest absolute Gasteiger partial charge is 0.222 e. The first-order chi connectivity index (χ1) is 16.5. The van der Waals surface area contributed by atoms with Crippen LogP contribution in [0.2, 0.25) is 0 Å². The number of β-amino-alcohol motifs (C(OH)–C–C–N with tert-alkyl or cyclic N) is 1. The van der Waals surface area contributed by atoms with Gasteiger partial charge in [0, 0.05) is 56.2 Å². The normalized spacial score (nSPS) is 18.5. The van der Waals surface area contributed by atoms with Gasteiger partial charge in [-0.2, -0.15) is 0 Å². The Balaban J connectivity index is 1.18. The van der Waals surface area contributed by atoms with Gasteiger partial charge in [-0.1, -0.05) is 12.1 Å². The van der Waals surface area contributed by atoms with Crippen molar-refractivity contribution < 1.29 is 9.90 Å². The van der Waals surface area contributed by atoms with Crippen LogP contribution in [0.15, 0.2) is 55.0 Å². The second-order valence-corrected chi connectivity index (χ2v) is 10.3. The van der Waals surface area contributed by atoms with Crippen LogP contribution in [-0.4, -0.2) is 63.1 Å². The van der Waals surface area contributed by atoms with E-state index < -0.39 is 5.60 Å². The Hall–Kier alpha value is -3.10. The van der Waals surface area contributed by atoms with Gasteiger partial charge in [-0.05, 0) is 49.9 Å². The molecule has 176 valence electrons. The van der Waals surface area contributed by atoms with Crippen LogP contribution in [0.4, 0.5) is 5.69 Å². The number of benzene rings is 1. The van der Waals surface area contributed by atoms with E-state index in [9.17, 15) is 9.90 Å². The molecule has 1 aromatic carbocycles. The van der Waals surface area contributed by atoms with Gasteiger partial charge in [0.05, 0.1) is 32.9 Å². The third kappa shape index (κ3) is 4.88. The molecule has 1 atom stereocenters. The molecule has 1 fully saturated rings. The van der Waals surface area contributed by atoms with Gasteiger partial charge in [0.2, 0.25) is 5.91 Å². The van der Waals surface area contributed by atoms with Gasteiger partial charge >= 0.3 is 0 Å². The molecule has 4 aromatic rings. The molecule has 3 aromatic heterocycles. The maximum absolute atomic E-state index is 12.8. The van der Waals surface area contributed by atoms with Gasteiger partial charge in [0.15, 0.2) is 0 Å². The molecule has 34 heavy (non-hydrogen) atoms. The van der Waals surface area contributed by atoms with Crippen LogP contribution in [0.3, 0.4) is 0 Å². The lowest BCUT2D eigenvalue weighted by Crippen LogP contribution is -2.54. The van der Waals surface area contributed by atoms with Crippen molar-refractivity contribution in [3.63, 3.8) is 0 Å². The van der Waals surface area contributed by atoms with Gasteiger partial charge in [0.25, 0.3) is 0 Å². The van der Waals surface area contributed by atoms with Crippen molar-refractivity contribution in [3.05, 3.63) is 60.0 Å². The number of aliphatic hydroxyl groups is 1. The van der Waals surface area contributed by atoms with Gasteiger partial charge in [0.1, 0.15) is 0 Å². The van der Waals surface area contributed by atoms with E-state index in [0.717, 1.165) is 52.9 Å². The highest BCUT2D eigenvalue weighted by molar-refractivity contribution is 7.18. The summed E-state index contributed by atoms with van der Waals surface area (Å²) in [6.45, 7) is 1.66. The molecule has 5 rings (SSSR count). The average Bonchev–Trinajstić information content (AvgIpc) is 3.26. The van der Waals surface area contributed by atoms with Crippen molar-refractivity contribution in [1.82, 2.24) is 19.9 Å².